The molecule has 5 nitrogen and oxygen atoms in total. The summed E-state index contributed by atoms with van der Waals surface area (Å²) in [6.45, 7) is 7.27. The lowest BCUT2D eigenvalue weighted by atomic mass is 10.1. The maximum absolute atomic E-state index is 11.2. The molecule has 1 amide bonds. The zero-order valence-electron chi connectivity index (χ0n) is 10.6. The third-order valence-corrected chi connectivity index (χ3v) is 2.47. The maximum Gasteiger partial charge on any atom is 0.300 e. The Hall–Kier alpha value is -1.33. The number of hydrazine groups is 1. The Kier molecular flexibility index (Phi) is 5.18. The van der Waals surface area contributed by atoms with Crippen LogP contribution in [0.5, 0.6) is 0 Å². The molecule has 0 atom stereocenters. The zero-order valence-corrected chi connectivity index (χ0v) is 10.6. The van der Waals surface area contributed by atoms with Crippen molar-refractivity contribution in [3.8, 4) is 0 Å². The highest BCUT2D eigenvalue weighted by molar-refractivity contribution is 5.91. The quantitative estimate of drug-likeness (QED) is 0.344. The molecule has 0 saturated heterocycles. The van der Waals surface area contributed by atoms with Gasteiger partial charge in [-0.15, -0.1) is 0 Å². The summed E-state index contributed by atoms with van der Waals surface area (Å²) in [6, 6.07) is 1.66. The minimum atomic E-state index is -0.429. The molecular weight excluding hydrogens is 220 g/mol. The standard InChI is InChI=1S/C12H20N2O3/c1-8(2)4-5-16-7-10-6-11(12(15)14-13)17-9(10)3/h6,8H,4-5,7,13H2,1-3H3,(H,14,15). The van der Waals surface area contributed by atoms with Crippen LogP contribution < -0.4 is 11.3 Å². The van der Waals surface area contributed by atoms with Crippen molar-refractivity contribution in [3.05, 3.63) is 23.2 Å². The van der Waals surface area contributed by atoms with Gasteiger partial charge in [0.1, 0.15) is 5.76 Å². The topological polar surface area (TPSA) is 77.5 Å². The Morgan fingerprint density at radius 1 is 1.59 bits per heavy atom. The van der Waals surface area contributed by atoms with E-state index in [0.717, 1.165) is 12.0 Å². The first-order valence-electron chi connectivity index (χ1n) is 5.72. The van der Waals surface area contributed by atoms with Gasteiger partial charge in [-0.1, -0.05) is 13.8 Å². The van der Waals surface area contributed by atoms with E-state index in [1.165, 1.54) is 0 Å². The van der Waals surface area contributed by atoms with Gasteiger partial charge in [-0.25, -0.2) is 5.84 Å². The second kappa shape index (κ2) is 6.42. The van der Waals surface area contributed by atoms with E-state index in [-0.39, 0.29) is 5.76 Å². The minimum absolute atomic E-state index is 0.215. The van der Waals surface area contributed by atoms with Crippen LogP contribution in [0, 0.1) is 12.8 Å². The molecule has 96 valence electrons. The van der Waals surface area contributed by atoms with E-state index in [1.807, 2.05) is 5.43 Å². The fourth-order valence-corrected chi connectivity index (χ4v) is 1.35. The van der Waals surface area contributed by atoms with Gasteiger partial charge in [0.05, 0.1) is 6.61 Å². The first-order valence-corrected chi connectivity index (χ1v) is 5.72. The Morgan fingerprint density at radius 2 is 2.29 bits per heavy atom. The summed E-state index contributed by atoms with van der Waals surface area (Å²) < 4.78 is 10.8. The van der Waals surface area contributed by atoms with E-state index in [1.54, 1.807) is 13.0 Å². The van der Waals surface area contributed by atoms with Crippen LogP contribution in [0.15, 0.2) is 10.5 Å². The predicted molar refractivity (Wildman–Crippen MR) is 64.2 cm³/mol. The molecule has 0 fully saturated rings. The maximum atomic E-state index is 11.2. The van der Waals surface area contributed by atoms with Crippen LogP contribution in [0.25, 0.3) is 0 Å². The summed E-state index contributed by atoms with van der Waals surface area (Å²) in [7, 11) is 0. The highest BCUT2D eigenvalue weighted by atomic mass is 16.5. The van der Waals surface area contributed by atoms with Crippen LogP contribution in [0.1, 0.15) is 42.1 Å². The van der Waals surface area contributed by atoms with Gasteiger partial charge in [0.25, 0.3) is 0 Å². The van der Waals surface area contributed by atoms with Crippen molar-refractivity contribution in [1.82, 2.24) is 5.43 Å². The Bertz CT molecular complexity index is 372. The van der Waals surface area contributed by atoms with Crippen molar-refractivity contribution in [2.24, 2.45) is 11.8 Å². The lowest BCUT2D eigenvalue weighted by Gasteiger charge is -2.05. The van der Waals surface area contributed by atoms with Crippen molar-refractivity contribution in [3.63, 3.8) is 0 Å². The number of furan rings is 1. The Morgan fingerprint density at radius 3 is 2.88 bits per heavy atom. The lowest BCUT2D eigenvalue weighted by molar-refractivity contribution is 0.0924. The summed E-state index contributed by atoms with van der Waals surface area (Å²) in [5.41, 5.74) is 2.91. The molecule has 5 heteroatoms. The molecular formula is C12H20N2O3. The number of amides is 1. The SMILES string of the molecule is Cc1oc(C(=O)NN)cc1COCCC(C)C. The van der Waals surface area contributed by atoms with Gasteiger partial charge in [0.2, 0.25) is 0 Å². The lowest BCUT2D eigenvalue weighted by Crippen LogP contribution is -2.29. The molecule has 1 aromatic heterocycles. The van der Waals surface area contributed by atoms with E-state index < -0.39 is 5.91 Å². The number of carbonyl (C=O) groups is 1. The fraction of sp³-hybridized carbons (Fsp3) is 0.583. The Balaban J connectivity index is 2.48. The number of carbonyl (C=O) groups excluding carboxylic acids is 1. The molecule has 1 rings (SSSR count). The summed E-state index contributed by atoms with van der Waals surface area (Å²) in [5, 5.41) is 0. The number of nitrogen functional groups attached to an aromatic ring is 1. The normalized spacial score (nSPS) is 10.9. The van der Waals surface area contributed by atoms with E-state index in [9.17, 15) is 4.79 Å². The van der Waals surface area contributed by atoms with Crippen molar-refractivity contribution in [2.75, 3.05) is 6.61 Å². The van der Waals surface area contributed by atoms with Gasteiger partial charge in [0.15, 0.2) is 5.76 Å². The van der Waals surface area contributed by atoms with Gasteiger partial charge < -0.3 is 9.15 Å². The van der Waals surface area contributed by atoms with Crippen LogP contribution in [-0.4, -0.2) is 12.5 Å². The van der Waals surface area contributed by atoms with Crippen LogP contribution in [0.2, 0.25) is 0 Å². The highest BCUT2D eigenvalue weighted by Crippen LogP contribution is 2.15. The monoisotopic (exact) mass is 240 g/mol. The molecule has 1 heterocycles. The minimum Gasteiger partial charge on any atom is -0.456 e. The number of rotatable bonds is 6. The number of ether oxygens (including phenoxy) is 1. The fourth-order valence-electron chi connectivity index (χ4n) is 1.35. The molecule has 17 heavy (non-hydrogen) atoms. The molecule has 1 aromatic rings. The average molecular weight is 240 g/mol. The van der Waals surface area contributed by atoms with E-state index in [2.05, 4.69) is 13.8 Å². The molecule has 3 N–H and O–H groups in total. The first kappa shape index (κ1) is 13.7. The van der Waals surface area contributed by atoms with Crippen molar-refractivity contribution < 1.29 is 13.9 Å². The number of hydrogen-bond acceptors (Lipinski definition) is 4. The molecule has 0 saturated carbocycles. The molecule has 0 spiro atoms. The molecule has 0 aromatic carbocycles. The largest absolute Gasteiger partial charge is 0.456 e. The summed E-state index contributed by atoms with van der Waals surface area (Å²) >= 11 is 0. The summed E-state index contributed by atoms with van der Waals surface area (Å²) in [5.74, 6) is 6.13. The number of aryl methyl sites for hydroxylation is 1. The van der Waals surface area contributed by atoms with Crippen LogP contribution >= 0.6 is 0 Å². The second-order valence-electron chi connectivity index (χ2n) is 4.40. The van der Waals surface area contributed by atoms with Crippen LogP contribution in [0.3, 0.4) is 0 Å². The van der Waals surface area contributed by atoms with Gasteiger partial charge in [0, 0.05) is 12.2 Å². The van der Waals surface area contributed by atoms with Crippen molar-refractivity contribution in [1.29, 1.82) is 0 Å². The average Bonchev–Trinajstić information content (AvgIpc) is 2.65. The number of nitrogens with two attached hydrogens (primary N) is 1. The van der Waals surface area contributed by atoms with E-state index in [0.29, 0.717) is 24.9 Å². The van der Waals surface area contributed by atoms with Gasteiger partial charge in [-0.2, -0.15) is 0 Å². The molecule has 0 aliphatic carbocycles. The van der Waals surface area contributed by atoms with E-state index in [4.69, 9.17) is 15.0 Å². The molecule has 0 bridgehead atoms. The second-order valence-corrected chi connectivity index (χ2v) is 4.40. The van der Waals surface area contributed by atoms with Gasteiger partial charge in [-0.05, 0) is 25.3 Å². The summed E-state index contributed by atoms with van der Waals surface area (Å²) in [4.78, 5) is 11.2. The smallest absolute Gasteiger partial charge is 0.300 e. The molecule has 0 aliphatic heterocycles. The highest BCUT2D eigenvalue weighted by Gasteiger charge is 2.13. The molecule has 0 radical (unpaired) electrons. The van der Waals surface area contributed by atoms with Gasteiger partial charge >= 0.3 is 5.91 Å². The predicted octanol–water partition coefficient (Wildman–Crippen LogP) is 1.75. The first-order chi connectivity index (χ1) is 8.04. The summed E-state index contributed by atoms with van der Waals surface area (Å²) in [6.07, 6.45) is 1.02. The Labute approximate surface area is 101 Å². The third-order valence-electron chi connectivity index (χ3n) is 2.47. The van der Waals surface area contributed by atoms with Crippen LogP contribution in [0.4, 0.5) is 0 Å². The van der Waals surface area contributed by atoms with Crippen molar-refractivity contribution >= 4 is 5.91 Å². The zero-order chi connectivity index (χ0) is 12.8. The van der Waals surface area contributed by atoms with Crippen molar-refractivity contribution in [2.45, 2.75) is 33.8 Å². The van der Waals surface area contributed by atoms with Gasteiger partial charge in [-0.3, -0.25) is 10.2 Å². The number of hydrogen-bond donors (Lipinski definition) is 2. The third kappa shape index (κ3) is 4.20. The number of nitrogens with one attached hydrogen (secondary N) is 1. The van der Waals surface area contributed by atoms with E-state index >= 15 is 0 Å². The molecule has 0 unspecified atom stereocenters. The molecule has 0 aliphatic rings. The van der Waals surface area contributed by atoms with Crippen LogP contribution in [-0.2, 0) is 11.3 Å².